The first-order chi connectivity index (χ1) is 11.9. The fraction of sp³-hybridized carbons (Fsp3) is 0.176. The van der Waals surface area contributed by atoms with Gasteiger partial charge in [-0.15, -0.1) is 0 Å². The highest BCUT2D eigenvalue weighted by molar-refractivity contribution is 6.33. The number of ether oxygens (including phenoxy) is 1. The second kappa shape index (κ2) is 8.25. The predicted molar refractivity (Wildman–Crippen MR) is 91.4 cm³/mol. The summed E-state index contributed by atoms with van der Waals surface area (Å²) in [5.74, 6) is -1.40. The molecule has 25 heavy (non-hydrogen) atoms. The van der Waals surface area contributed by atoms with E-state index in [1.165, 1.54) is 12.1 Å². The number of non-ortho nitro benzene ring substituents is 1. The fourth-order valence-electron chi connectivity index (χ4n) is 2.10. The predicted octanol–water partition coefficient (Wildman–Crippen LogP) is 3.28. The molecule has 1 atom stereocenters. The molecule has 0 saturated carbocycles. The molecule has 0 aliphatic carbocycles. The fourth-order valence-corrected chi connectivity index (χ4v) is 2.29. The topological polar surface area (TPSA) is 98.5 Å². The van der Waals surface area contributed by atoms with E-state index in [0.717, 1.165) is 11.6 Å². The van der Waals surface area contributed by atoms with E-state index in [2.05, 4.69) is 5.32 Å². The maximum atomic E-state index is 12.0. The third-order valence-corrected chi connectivity index (χ3v) is 3.72. The number of nitro benzene ring substituents is 1. The Bertz CT molecular complexity index is 795. The van der Waals surface area contributed by atoms with Crippen LogP contribution in [-0.2, 0) is 9.53 Å². The summed E-state index contributed by atoms with van der Waals surface area (Å²) in [6.07, 6.45) is 0. The number of hydrogen-bond acceptors (Lipinski definition) is 5. The van der Waals surface area contributed by atoms with Gasteiger partial charge in [0.25, 0.3) is 11.6 Å². The van der Waals surface area contributed by atoms with Gasteiger partial charge in [-0.05, 0) is 18.6 Å². The lowest BCUT2D eigenvalue weighted by molar-refractivity contribution is -0.384. The Morgan fingerprint density at radius 3 is 2.56 bits per heavy atom. The van der Waals surface area contributed by atoms with Crippen LogP contribution < -0.4 is 5.32 Å². The SMILES string of the molecule is CC(NC(=O)COC(=O)c1cc([N+](=O)[O-])ccc1Cl)c1ccccc1. The quantitative estimate of drug-likeness (QED) is 0.483. The number of halogens is 1. The Morgan fingerprint density at radius 2 is 1.92 bits per heavy atom. The van der Waals surface area contributed by atoms with E-state index in [1.54, 1.807) is 6.92 Å². The van der Waals surface area contributed by atoms with Crippen LogP contribution in [0.15, 0.2) is 48.5 Å². The highest BCUT2D eigenvalue weighted by Crippen LogP contribution is 2.22. The second-order valence-electron chi connectivity index (χ2n) is 5.20. The van der Waals surface area contributed by atoms with Gasteiger partial charge in [0, 0.05) is 12.1 Å². The van der Waals surface area contributed by atoms with Gasteiger partial charge >= 0.3 is 5.97 Å². The van der Waals surface area contributed by atoms with E-state index in [-0.39, 0.29) is 22.3 Å². The third-order valence-electron chi connectivity index (χ3n) is 3.39. The van der Waals surface area contributed by atoms with Crippen LogP contribution in [0, 0.1) is 10.1 Å². The molecular formula is C17H15ClN2O5. The van der Waals surface area contributed by atoms with Gasteiger partial charge in [0.1, 0.15) is 0 Å². The Hall–Kier alpha value is -2.93. The molecular weight excluding hydrogens is 348 g/mol. The average Bonchev–Trinajstić information content (AvgIpc) is 2.60. The number of amides is 1. The van der Waals surface area contributed by atoms with Gasteiger partial charge in [-0.1, -0.05) is 41.9 Å². The zero-order valence-corrected chi connectivity index (χ0v) is 14.0. The lowest BCUT2D eigenvalue weighted by Crippen LogP contribution is -2.31. The van der Waals surface area contributed by atoms with E-state index in [9.17, 15) is 19.7 Å². The van der Waals surface area contributed by atoms with Crippen LogP contribution in [0.25, 0.3) is 0 Å². The van der Waals surface area contributed by atoms with E-state index >= 15 is 0 Å². The number of hydrogen-bond donors (Lipinski definition) is 1. The maximum Gasteiger partial charge on any atom is 0.340 e. The van der Waals surface area contributed by atoms with E-state index < -0.39 is 23.4 Å². The molecule has 0 bridgehead atoms. The van der Waals surface area contributed by atoms with Crippen LogP contribution in [0.1, 0.15) is 28.9 Å². The number of nitrogens with zero attached hydrogens (tertiary/aromatic N) is 1. The monoisotopic (exact) mass is 362 g/mol. The van der Waals surface area contributed by atoms with Crippen molar-refractivity contribution in [1.82, 2.24) is 5.32 Å². The molecule has 0 aromatic heterocycles. The first-order valence-electron chi connectivity index (χ1n) is 7.34. The average molecular weight is 363 g/mol. The molecule has 0 radical (unpaired) electrons. The van der Waals surface area contributed by atoms with Crippen LogP contribution in [-0.4, -0.2) is 23.4 Å². The Labute approximate surface area is 148 Å². The molecule has 0 saturated heterocycles. The molecule has 130 valence electrons. The highest BCUT2D eigenvalue weighted by Gasteiger charge is 2.18. The zero-order chi connectivity index (χ0) is 18.4. The van der Waals surface area contributed by atoms with E-state index in [4.69, 9.17) is 16.3 Å². The number of nitrogens with one attached hydrogen (secondary N) is 1. The smallest absolute Gasteiger partial charge is 0.340 e. The minimum absolute atomic E-state index is 0.00802. The molecule has 2 aromatic carbocycles. The molecule has 1 amide bonds. The number of rotatable bonds is 6. The normalized spacial score (nSPS) is 11.4. The lowest BCUT2D eigenvalue weighted by atomic mass is 10.1. The largest absolute Gasteiger partial charge is 0.452 e. The summed E-state index contributed by atoms with van der Waals surface area (Å²) in [6, 6.07) is 12.4. The van der Waals surface area contributed by atoms with Crippen molar-refractivity contribution in [1.29, 1.82) is 0 Å². The molecule has 0 fully saturated rings. The van der Waals surface area contributed by atoms with Gasteiger partial charge in [-0.25, -0.2) is 4.79 Å². The Kier molecular flexibility index (Phi) is 6.08. The van der Waals surface area contributed by atoms with Crippen LogP contribution >= 0.6 is 11.6 Å². The summed E-state index contributed by atoms with van der Waals surface area (Å²) in [7, 11) is 0. The summed E-state index contributed by atoms with van der Waals surface area (Å²) >= 11 is 5.85. The van der Waals surface area contributed by atoms with Crippen LogP contribution in [0.3, 0.4) is 0 Å². The van der Waals surface area contributed by atoms with Gasteiger partial charge in [-0.2, -0.15) is 0 Å². The van der Waals surface area contributed by atoms with Crippen LogP contribution in [0.5, 0.6) is 0 Å². The molecule has 1 N–H and O–H groups in total. The summed E-state index contributed by atoms with van der Waals surface area (Å²) in [6.45, 7) is 1.28. The van der Waals surface area contributed by atoms with Gasteiger partial charge in [0.05, 0.1) is 21.6 Å². The van der Waals surface area contributed by atoms with Crippen molar-refractivity contribution >= 4 is 29.2 Å². The van der Waals surface area contributed by atoms with Crippen molar-refractivity contribution in [2.75, 3.05) is 6.61 Å². The Morgan fingerprint density at radius 1 is 1.24 bits per heavy atom. The van der Waals surface area contributed by atoms with Crippen LogP contribution in [0.2, 0.25) is 5.02 Å². The number of esters is 1. The zero-order valence-electron chi connectivity index (χ0n) is 13.3. The summed E-state index contributed by atoms with van der Waals surface area (Å²) in [4.78, 5) is 34.0. The first-order valence-corrected chi connectivity index (χ1v) is 7.71. The number of carbonyl (C=O) groups excluding carboxylic acids is 2. The molecule has 8 heteroatoms. The van der Waals surface area contributed by atoms with Gasteiger partial charge in [-0.3, -0.25) is 14.9 Å². The molecule has 2 aromatic rings. The van der Waals surface area contributed by atoms with Crippen molar-refractivity contribution in [3.63, 3.8) is 0 Å². The number of benzene rings is 2. The molecule has 2 rings (SSSR count). The molecule has 0 aliphatic rings. The minimum atomic E-state index is -0.906. The standard InChI is InChI=1S/C17H15ClN2O5/c1-11(12-5-3-2-4-6-12)19-16(21)10-25-17(22)14-9-13(20(23)24)7-8-15(14)18/h2-9,11H,10H2,1H3,(H,19,21). The van der Waals surface area contributed by atoms with Crippen LogP contribution in [0.4, 0.5) is 5.69 Å². The van der Waals surface area contributed by atoms with E-state index in [0.29, 0.717) is 0 Å². The molecule has 0 heterocycles. The minimum Gasteiger partial charge on any atom is -0.452 e. The van der Waals surface area contributed by atoms with Crippen molar-refractivity contribution in [2.24, 2.45) is 0 Å². The number of nitro groups is 1. The molecule has 0 aliphatic heterocycles. The molecule has 1 unspecified atom stereocenters. The van der Waals surface area contributed by atoms with Gasteiger partial charge in [0.15, 0.2) is 6.61 Å². The van der Waals surface area contributed by atoms with Crippen molar-refractivity contribution in [3.8, 4) is 0 Å². The van der Waals surface area contributed by atoms with Crippen molar-refractivity contribution < 1.29 is 19.2 Å². The Balaban J connectivity index is 1.94. The van der Waals surface area contributed by atoms with Crippen molar-refractivity contribution in [2.45, 2.75) is 13.0 Å². The first kappa shape index (κ1) is 18.4. The van der Waals surface area contributed by atoms with Crippen molar-refractivity contribution in [3.05, 3.63) is 74.8 Å². The van der Waals surface area contributed by atoms with Gasteiger partial charge < -0.3 is 10.1 Å². The maximum absolute atomic E-state index is 12.0. The lowest BCUT2D eigenvalue weighted by Gasteiger charge is -2.14. The molecule has 7 nitrogen and oxygen atoms in total. The summed E-state index contributed by atoms with van der Waals surface area (Å²) in [5, 5.41) is 13.5. The van der Waals surface area contributed by atoms with Gasteiger partial charge in [0.2, 0.25) is 0 Å². The van der Waals surface area contributed by atoms with E-state index in [1.807, 2.05) is 30.3 Å². The summed E-state index contributed by atoms with van der Waals surface area (Å²) in [5.41, 5.74) is 0.446. The molecule has 0 spiro atoms. The second-order valence-corrected chi connectivity index (χ2v) is 5.60. The third kappa shape index (κ3) is 5.02. The summed E-state index contributed by atoms with van der Waals surface area (Å²) < 4.78 is 4.88. The highest BCUT2D eigenvalue weighted by atomic mass is 35.5. The number of carbonyl (C=O) groups is 2.